The van der Waals surface area contributed by atoms with Crippen LogP contribution in [0.15, 0.2) is 30.3 Å². The lowest BCUT2D eigenvalue weighted by molar-refractivity contribution is 0.170. The fourth-order valence-corrected chi connectivity index (χ4v) is 2.96. The van der Waals surface area contributed by atoms with Gasteiger partial charge in [0, 0.05) is 12.0 Å². The van der Waals surface area contributed by atoms with E-state index in [1.165, 1.54) is 0 Å². The molecule has 22 heavy (non-hydrogen) atoms. The standard InChI is InChI=1S/C17H24N2O3/c20-12-17(9-10-17)11-18-16(21)19-14-7-4-8-15(14)22-13-5-2-1-3-6-13/h1-3,5-6,14-15,20H,4,7-12H2,(H2,18,19,21). The van der Waals surface area contributed by atoms with Crippen molar-refractivity contribution in [2.75, 3.05) is 13.2 Å². The third-order valence-electron chi connectivity index (χ3n) is 4.72. The van der Waals surface area contributed by atoms with Gasteiger partial charge in [-0.15, -0.1) is 0 Å². The molecule has 1 aromatic carbocycles. The van der Waals surface area contributed by atoms with Crippen molar-refractivity contribution in [1.29, 1.82) is 0 Å². The highest BCUT2D eigenvalue weighted by atomic mass is 16.5. The largest absolute Gasteiger partial charge is 0.488 e. The average Bonchev–Trinajstić information content (AvgIpc) is 3.22. The van der Waals surface area contributed by atoms with Crippen LogP contribution in [0.25, 0.3) is 0 Å². The first-order chi connectivity index (χ1) is 10.7. The van der Waals surface area contributed by atoms with Gasteiger partial charge in [0.15, 0.2) is 0 Å². The normalized spacial score (nSPS) is 25.5. The van der Waals surface area contributed by atoms with Gasteiger partial charge >= 0.3 is 6.03 Å². The van der Waals surface area contributed by atoms with E-state index in [1.54, 1.807) is 0 Å². The van der Waals surface area contributed by atoms with Gasteiger partial charge in [-0.05, 0) is 44.2 Å². The van der Waals surface area contributed by atoms with Crippen LogP contribution in [0.3, 0.4) is 0 Å². The summed E-state index contributed by atoms with van der Waals surface area (Å²) in [7, 11) is 0. The monoisotopic (exact) mass is 304 g/mol. The Hall–Kier alpha value is -1.75. The van der Waals surface area contributed by atoms with Crippen LogP contribution in [-0.2, 0) is 0 Å². The van der Waals surface area contributed by atoms with Gasteiger partial charge in [0.05, 0.1) is 12.6 Å². The van der Waals surface area contributed by atoms with Crippen molar-refractivity contribution >= 4 is 6.03 Å². The van der Waals surface area contributed by atoms with Crippen molar-refractivity contribution in [2.24, 2.45) is 5.41 Å². The Morgan fingerprint density at radius 1 is 1.27 bits per heavy atom. The molecule has 2 amide bonds. The number of nitrogens with one attached hydrogen (secondary N) is 2. The summed E-state index contributed by atoms with van der Waals surface area (Å²) >= 11 is 0. The number of hydrogen-bond acceptors (Lipinski definition) is 3. The highest BCUT2D eigenvalue weighted by Gasteiger charge is 2.42. The van der Waals surface area contributed by atoms with Gasteiger partial charge in [-0.1, -0.05) is 18.2 Å². The molecule has 0 aromatic heterocycles. The van der Waals surface area contributed by atoms with Crippen molar-refractivity contribution in [3.63, 3.8) is 0 Å². The fraction of sp³-hybridized carbons (Fsp3) is 0.588. The molecular weight excluding hydrogens is 280 g/mol. The SMILES string of the molecule is O=C(NCC1(CO)CC1)NC1CCCC1Oc1ccccc1. The smallest absolute Gasteiger partial charge is 0.315 e. The number of urea groups is 1. The highest BCUT2D eigenvalue weighted by Crippen LogP contribution is 2.44. The van der Waals surface area contributed by atoms with Gasteiger partial charge < -0.3 is 20.5 Å². The predicted molar refractivity (Wildman–Crippen MR) is 83.8 cm³/mol. The van der Waals surface area contributed by atoms with Crippen molar-refractivity contribution in [1.82, 2.24) is 10.6 Å². The summed E-state index contributed by atoms with van der Waals surface area (Å²) in [5, 5.41) is 15.2. The third kappa shape index (κ3) is 3.71. The lowest BCUT2D eigenvalue weighted by atomic mass is 10.1. The number of aliphatic hydroxyl groups excluding tert-OH is 1. The summed E-state index contributed by atoms with van der Waals surface area (Å²) in [5.41, 5.74) is -0.0625. The number of hydrogen-bond donors (Lipinski definition) is 3. The molecule has 2 fully saturated rings. The summed E-state index contributed by atoms with van der Waals surface area (Å²) in [6, 6.07) is 9.62. The second-order valence-corrected chi connectivity index (χ2v) is 6.49. The van der Waals surface area contributed by atoms with E-state index in [-0.39, 0.29) is 30.2 Å². The number of para-hydroxylation sites is 1. The summed E-state index contributed by atoms with van der Waals surface area (Å²) < 4.78 is 5.99. The topological polar surface area (TPSA) is 70.6 Å². The van der Waals surface area contributed by atoms with Crippen LogP contribution in [0.4, 0.5) is 4.79 Å². The molecule has 2 aliphatic rings. The molecule has 0 spiro atoms. The van der Waals surface area contributed by atoms with Crippen LogP contribution in [0.1, 0.15) is 32.1 Å². The van der Waals surface area contributed by atoms with Crippen molar-refractivity contribution in [2.45, 2.75) is 44.2 Å². The molecule has 0 radical (unpaired) electrons. The Morgan fingerprint density at radius 3 is 2.73 bits per heavy atom. The van der Waals surface area contributed by atoms with Gasteiger partial charge in [0.2, 0.25) is 0 Å². The van der Waals surface area contributed by atoms with Gasteiger partial charge in [0.1, 0.15) is 11.9 Å². The zero-order chi connectivity index (χ0) is 15.4. The fourth-order valence-electron chi connectivity index (χ4n) is 2.96. The molecule has 2 atom stereocenters. The first-order valence-electron chi connectivity index (χ1n) is 8.08. The van der Waals surface area contributed by atoms with Crippen molar-refractivity contribution < 1.29 is 14.6 Å². The predicted octanol–water partition coefficient (Wildman–Crippen LogP) is 2.06. The van der Waals surface area contributed by atoms with E-state index in [0.29, 0.717) is 6.54 Å². The highest BCUT2D eigenvalue weighted by molar-refractivity contribution is 5.74. The quantitative estimate of drug-likeness (QED) is 0.753. The number of carbonyl (C=O) groups excluding carboxylic acids is 1. The Kier molecular flexibility index (Phi) is 4.52. The number of aliphatic hydroxyl groups is 1. The van der Waals surface area contributed by atoms with Gasteiger partial charge in [-0.2, -0.15) is 0 Å². The Bertz CT molecular complexity index is 502. The summed E-state index contributed by atoms with van der Waals surface area (Å²) in [5.74, 6) is 0.846. The van der Waals surface area contributed by atoms with E-state index < -0.39 is 0 Å². The molecule has 2 aliphatic carbocycles. The van der Waals surface area contributed by atoms with E-state index in [0.717, 1.165) is 37.9 Å². The lowest BCUT2D eigenvalue weighted by Crippen LogP contribution is -2.48. The maximum Gasteiger partial charge on any atom is 0.315 e. The molecule has 0 aliphatic heterocycles. The van der Waals surface area contributed by atoms with Crippen LogP contribution in [-0.4, -0.2) is 36.4 Å². The van der Waals surface area contributed by atoms with E-state index in [9.17, 15) is 9.90 Å². The first kappa shape index (κ1) is 15.2. The van der Waals surface area contributed by atoms with E-state index in [1.807, 2.05) is 30.3 Å². The summed E-state index contributed by atoms with van der Waals surface area (Å²) in [6.45, 7) is 0.697. The minimum absolute atomic E-state index is 0.0286. The molecule has 5 nitrogen and oxygen atoms in total. The minimum Gasteiger partial charge on any atom is -0.488 e. The van der Waals surface area contributed by atoms with Crippen LogP contribution < -0.4 is 15.4 Å². The number of amides is 2. The Balaban J connectivity index is 1.47. The molecule has 3 N–H and O–H groups in total. The van der Waals surface area contributed by atoms with E-state index >= 15 is 0 Å². The molecule has 3 rings (SSSR count). The lowest BCUT2D eigenvalue weighted by Gasteiger charge is -2.23. The van der Waals surface area contributed by atoms with E-state index in [2.05, 4.69) is 10.6 Å². The van der Waals surface area contributed by atoms with Gasteiger partial charge in [0.25, 0.3) is 0 Å². The number of rotatable bonds is 6. The average molecular weight is 304 g/mol. The molecule has 0 saturated heterocycles. The molecule has 1 aromatic rings. The second kappa shape index (κ2) is 6.57. The van der Waals surface area contributed by atoms with E-state index in [4.69, 9.17) is 4.74 Å². The Labute approximate surface area is 131 Å². The second-order valence-electron chi connectivity index (χ2n) is 6.49. The van der Waals surface area contributed by atoms with Crippen molar-refractivity contribution in [3.8, 4) is 5.75 Å². The summed E-state index contributed by atoms with van der Waals surface area (Å²) in [6.07, 6.45) is 4.97. The van der Waals surface area contributed by atoms with Crippen molar-refractivity contribution in [3.05, 3.63) is 30.3 Å². The molecule has 5 heteroatoms. The maximum atomic E-state index is 12.0. The number of carbonyl (C=O) groups is 1. The Morgan fingerprint density at radius 2 is 2.05 bits per heavy atom. The molecule has 120 valence electrons. The van der Waals surface area contributed by atoms with Crippen LogP contribution in [0.5, 0.6) is 5.75 Å². The molecule has 2 unspecified atom stereocenters. The maximum absolute atomic E-state index is 12.0. The zero-order valence-corrected chi connectivity index (χ0v) is 12.8. The molecule has 0 heterocycles. The van der Waals surface area contributed by atoms with Gasteiger partial charge in [-0.25, -0.2) is 4.79 Å². The summed E-state index contributed by atoms with van der Waals surface area (Å²) in [4.78, 5) is 12.0. The molecule has 0 bridgehead atoms. The van der Waals surface area contributed by atoms with Crippen LogP contribution >= 0.6 is 0 Å². The minimum atomic E-state index is -0.159. The number of benzene rings is 1. The van der Waals surface area contributed by atoms with Crippen LogP contribution in [0.2, 0.25) is 0 Å². The van der Waals surface area contributed by atoms with Crippen LogP contribution in [0, 0.1) is 5.41 Å². The molecule has 2 saturated carbocycles. The zero-order valence-electron chi connectivity index (χ0n) is 12.8. The number of ether oxygens (including phenoxy) is 1. The third-order valence-corrected chi connectivity index (χ3v) is 4.72. The van der Waals surface area contributed by atoms with Gasteiger partial charge in [-0.3, -0.25) is 0 Å². The first-order valence-corrected chi connectivity index (χ1v) is 8.08. The molecular formula is C17H24N2O3.